The number of thiocarbonyl (C=S) groups is 1. The van der Waals surface area contributed by atoms with Gasteiger partial charge in [-0.05, 0) is 36.5 Å². The van der Waals surface area contributed by atoms with Crippen molar-refractivity contribution in [3.05, 3.63) is 52.0 Å². The van der Waals surface area contributed by atoms with Gasteiger partial charge in [-0.2, -0.15) is 0 Å². The first-order valence-electron chi connectivity index (χ1n) is 5.64. The van der Waals surface area contributed by atoms with E-state index in [-0.39, 0.29) is 26.5 Å². The van der Waals surface area contributed by atoms with Gasteiger partial charge >= 0.3 is 0 Å². The Morgan fingerprint density at radius 3 is 2.24 bits per heavy atom. The Bertz CT molecular complexity index is 687. The SMILES string of the molecule is Nc1c(Cl)cc(NC(=S)Nc2ccc(F)cc2F)cc1Cl. The predicted molar refractivity (Wildman–Crippen MR) is 87.1 cm³/mol. The molecule has 0 heterocycles. The summed E-state index contributed by atoms with van der Waals surface area (Å²) in [5.41, 5.74) is 6.40. The number of anilines is 3. The molecular formula is C13H9Cl2F2N3S. The summed E-state index contributed by atoms with van der Waals surface area (Å²) in [5, 5.41) is 6.00. The van der Waals surface area contributed by atoms with Crippen LogP contribution in [0.2, 0.25) is 10.0 Å². The van der Waals surface area contributed by atoms with Crippen molar-refractivity contribution in [3.63, 3.8) is 0 Å². The molecule has 0 bridgehead atoms. The average Bonchev–Trinajstić information content (AvgIpc) is 2.39. The number of nitrogens with two attached hydrogens (primary N) is 1. The van der Waals surface area contributed by atoms with Crippen molar-refractivity contribution in [2.75, 3.05) is 16.4 Å². The molecule has 8 heteroatoms. The Morgan fingerprint density at radius 1 is 1.05 bits per heavy atom. The maximum atomic E-state index is 13.5. The number of hydrogen-bond donors (Lipinski definition) is 3. The predicted octanol–water partition coefficient (Wildman–Crippen LogP) is 4.66. The topological polar surface area (TPSA) is 50.1 Å². The average molecular weight is 348 g/mol. The lowest BCUT2D eigenvalue weighted by molar-refractivity contribution is 0.586. The first-order chi connectivity index (χ1) is 9.86. The molecule has 0 fully saturated rings. The summed E-state index contributed by atoms with van der Waals surface area (Å²) in [6.45, 7) is 0. The maximum Gasteiger partial charge on any atom is 0.175 e. The highest BCUT2D eigenvalue weighted by Gasteiger charge is 2.08. The second-order valence-electron chi connectivity index (χ2n) is 4.06. The second kappa shape index (κ2) is 6.43. The molecule has 0 saturated carbocycles. The van der Waals surface area contributed by atoms with Crippen LogP contribution in [-0.4, -0.2) is 5.11 Å². The molecule has 0 aromatic heterocycles. The van der Waals surface area contributed by atoms with Gasteiger partial charge in [-0.15, -0.1) is 0 Å². The van der Waals surface area contributed by atoms with Crippen molar-refractivity contribution in [1.29, 1.82) is 0 Å². The third-order valence-corrected chi connectivity index (χ3v) is 3.35. The molecule has 0 radical (unpaired) electrons. The fourth-order valence-electron chi connectivity index (χ4n) is 1.53. The van der Waals surface area contributed by atoms with E-state index in [9.17, 15) is 8.78 Å². The van der Waals surface area contributed by atoms with Crippen molar-refractivity contribution >= 4 is 57.6 Å². The molecule has 4 N–H and O–H groups in total. The highest BCUT2D eigenvalue weighted by atomic mass is 35.5. The van der Waals surface area contributed by atoms with E-state index >= 15 is 0 Å². The van der Waals surface area contributed by atoms with E-state index in [0.29, 0.717) is 5.69 Å². The van der Waals surface area contributed by atoms with Gasteiger partial charge in [0.25, 0.3) is 0 Å². The summed E-state index contributed by atoms with van der Waals surface area (Å²) in [5.74, 6) is -1.43. The number of nitrogen functional groups attached to an aromatic ring is 1. The molecule has 0 amide bonds. The lowest BCUT2D eigenvalue weighted by Gasteiger charge is -2.12. The van der Waals surface area contributed by atoms with Gasteiger partial charge in [-0.3, -0.25) is 0 Å². The zero-order valence-corrected chi connectivity index (χ0v) is 12.7. The van der Waals surface area contributed by atoms with Crippen LogP contribution in [0.1, 0.15) is 0 Å². The van der Waals surface area contributed by atoms with Crippen LogP contribution >= 0.6 is 35.4 Å². The van der Waals surface area contributed by atoms with Crippen LogP contribution in [-0.2, 0) is 0 Å². The van der Waals surface area contributed by atoms with Crippen molar-refractivity contribution in [2.24, 2.45) is 0 Å². The molecule has 0 saturated heterocycles. The van der Waals surface area contributed by atoms with Gasteiger partial charge in [0.05, 0.1) is 21.4 Å². The smallest absolute Gasteiger partial charge is 0.175 e. The van der Waals surface area contributed by atoms with Gasteiger partial charge in [0.15, 0.2) is 5.11 Å². The first kappa shape index (κ1) is 15.8. The maximum absolute atomic E-state index is 13.5. The van der Waals surface area contributed by atoms with E-state index in [1.807, 2.05) is 0 Å². The minimum atomic E-state index is -0.757. The van der Waals surface area contributed by atoms with Crippen molar-refractivity contribution in [2.45, 2.75) is 0 Å². The number of benzene rings is 2. The van der Waals surface area contributed by atoms with Crippen LogP contribution in [0.4, 0.5) is 25.8 Å². The zero-order valence-electron chi connectivity index (χ0n) is 10.4. The molecular weight excluding hydrogens is 339 g/mol. The number of nitrogens with one attached hydrogen (secondary N) is 2. The Labute approximate surface area is 135 Å². The molecule has 21 heavy (non-hydrogen) atoms. The first-order valence-corrected chi connectivity index (χ1v) is 6.81. The lowest BCUT2D eigenvalue weighted by atomic mass is 10.3. The van der Waals surface area contributed by atoms with Crippen molar-refractivity contribution in [1.82, 2.24) is 0 Å². The molecule has 2 aromatic rings. The quantitative estimate of drug-likeness (QED) is 0.546. The Kier molecular flexibility index (Phi) is 4.82. The Hall–Kier alpha value is -1.63. The summed E-state index contributed by atoms with van der Waals surface area (Å²) in [6, 6.07) is 6.16. The van der Waals surface area contributed by atoms with Crippen LogP contribution in [0, 0.1) is 11.6 Å². The zero-order chi connectivity index (χ0) is 15.6. The molecule has 0 unspecified atom stereocenters. The van der Waals surface area contributed by atoms with E-state index in [2.05, 4.69) is 10.6 Å². The molecule has 110 valence electrons. The van der Waals surface area contributed by atoms with E-state index in [0.717, 1.165) is 12.1 Å². The van der Waals surface area contributed by atoms with Gasteiger partial charge in [0.1, 0.15) is 11.6 Å². The number of halogens is 4. The molecule has 2 rings (SSSR count). The molecule has 3 nitrogen and oxygen atoms in total. The third-order valence-electron chi connectivity index (χ3n) is 2.52. The van der Waals surface area contributed by atoms with Crippen molar-refractivity contribution in [3.8, 4) is 0 Å². The molecule has 0 atom stereocenters. The van der Waals surface area contributed by atoms with Crippen LogP contribution in [0.25, 0.3) is 0 Å². The summed E-state index contributed by atoms with van der Waals surface area (Å²) in [7, 11) is 0. The van der Waals surface area contributed by atoms with Crippen molar-refractivity contribution < 1.29 is 8.78 Å². The van der Waals surface area contributed by atoms with Gasteiger partial charge < -0.3 is 16.4 Å². The Morgan fingerprint density at radius 2 is 1.67 bits per heavy atom. The van der Waals surface area contributed by atoms with Gasteiger partial charge in [-0.1, -0.05) is 23.2 Å². The minimum absolute atomic E-state index is 0.0431. The monoisotopic (exact) mass is 347 g/mol. The van der Waals surface area contributed by atoms with E-state index < -0.39 is 11.6 Å². The van der Waals surface area contributed by atoms with E-state index in [4.69, 9.17) is 41.2 Å². The van der Waals surface area contributed by atoms with E-state index in [1.165, 1.54) is 18.2 Å². The highest BCUT2D eigenvalue weighted by Crippen LogP contribution is 2.31. The van der Waals surface area contributed by atoms with Crippen LogP contribution in [0.5, 0.6) is 0 Å². The fraction of sp³-hybridized carbons (Fsp3) is 0. The van der Waals surface area contributed by atoms with Crippen LogP contribution < -0.4 is 16.4 Å². The Balaban J connectivity index is 2.12. The highest BCUT2D eigenvalue weighted by molar-refractivity contribution is 7.80. The molecule has 0 aliphatic carbocycles. The largest absolute Gasteiger partial charge is 0.396 e. The molecule has 0 aliphatic rings. The molecule has 0 aliphatic heterocycles. The normalized spacial score (nSPS) is 10.3. The van der Waals surface area contributed by atoms with Gasteiger partial charge in [0.2, 0.25) is 0 Å². The number of rotatable bonds is 2. The molecule has 2 aromatic carbocycles. The fourth-order valence-corrected chi connectivity index (χ4v) is 2.25. The minimum Gasteiger partial charge on any atom is -0.396 e. The lowest BCUT2D eigenvalue weighted by Crippen LogP contribution is -2.19. The number of hydrogen-bond acceptors (Lipinski definition) is 2. The molecule has 0 spiro atoms. The summed E-state index contributed by atoms with van der Waals surface area (Å²) >= 11 is 16.8. The van der Waals surface area contributed by atoms with Crippen LogP contribution in [0.15, 0.2) is 30.3 Å². The summed E-state index contributed by atoms with van der Waals surface area (Å²) in [6.07, 6.45) is 0. The summed E-state index contributed by atoms with van der Waals surface area (Å²) in [4.78, 5) is 0. The third kappa shape index (κ3) is 3.93. The van der Waals surface area contributed by atoms with E-state index in [1.54, 1.807) is 0 Å². The summed E-state index contributed by atoms with van der Waals surface area (Å²) < 4.78 is 26.3. The van der Waals surface area contributed by atoms with Gasteiger partial charge in [-0.25, -0.2) is 8.78 Å². The second-order valence-corrected chi connectivity index (χ2v) is 5.28. The standard InChI is InChI=1S/C13H9Cl2F2N3S/c14-8-4-7(5-9(15)12(8)18)19-13(21)20-11-2-1-6(16)3-10(11)17/h1-5H,18H2,(H2,19,20,21). The van der Waals surface area contributed by atoms with Gasteiger partial charge in [0, 0.05) is 11.8 Å². The van der Waals surface area contributed by atoms with Crippen LogP contribution in [0.3, 0.4) is 0 Å².